The van der Waals surface area contributed by atoms with Crippen molar-refractivity contribution in [1.82, 2.24) is 0 Å². The molecule has 1 atom stereocenters. The van der Waals surface area contributed by atoms with Crippen LogP contribution in [0.15, 0.2) is 10.4 Å². The molecule has 0 N–H and O–H groups in total. The van der Waals surface area contributed by atoms with Crippen molar-refractivity contribution < 1.29 is 9.53 Å². The van der Waals surface area contributed by atoms with E-state index in [9.17, 15) is 14.6 Å². The number of hydrogen-bond acceptors (Lipinski definition) is 5. The van der Waals surface area contributed by atoms with Crippen LogP contribution in [0, 0.1) is 30.6 Å². The van der Waals surface area contributed by atoms with E-state index < -0.39 is 11.5 Å². The summed E-state index contributed by atoms with van der Waals surface area (Å²) >= 11 is 0. The van der Waals surface area contributed by atoms with Crippen molar-refractivity contribution in [3.8, 4) is 5.75 Å². The number of nitroso groups, excluding NO2 is 2. The topological polar surface area (TPSA) is 85.2 Å². The Morgan fingerprint density at radius 2 is 1.80 bits per heavy atom. The predicted octanol–water partition coefficient (Wildman–Crippen LogP) is 3.39. The average Bonchev–Trinajstić information content (AvgIpc) is 2.44. The van der Waals surface area contributed by atoms with E-state index in [1.807, 2.05) is 13.8 Å². The smallest absolute Gasteiger partial charge is 0.329 e. The Bertz CT molecular complexity index is 624. The number of nitrogens with zero attached hydrogens (tertiary/aromatic N) is 2. The predicted molar refractivity (Wildman–Crippen MR) is 74.3 cm³/mol. The number of carbonyl (C=O) groups is 1. The third-order valence-electron chi connectivity index (χ3n) is 4.15. The standard InChI is InChI=1S/C14H16N2O4/c1-7-8(2)12-10(9(3)11(7)15-18)5-6-14(4,20-12)13(17)16-19/h5-6H2,1-4H3. The van der Waals surface area contributed by atoms with Crippen LogP contribution < -0.4 is 4.74 Å². The Hall–Kier alpha value is -2.11. The Morgan fingerprint density at radius 1 is 1.15 bits per heavy atom. The van der Waals surface area contributed by atoms with Crippen LogP contribution in [0.3, 0.4) is 0 Å². The fourth-order valence-electron chi connectivity index (χ4n) is 2.63. The van der Waals surface area contributed by atoms with E-state index in [2.05, 4.69) is 10.4 Å². The monoisotopic (exact) mass is 276 g/mol. The second-order valence-corrected chi connectivity index (χ2v) is 5.35. The van der Waals surface area contributed by atoms with Crippen LogP contribution in [0.1, 0.15) is 35.6 Å². The number of carbonyl (C=O) groups excluding carboxylic acids is 1. The maximum atomic E-state index is 11.6. The van der Waals surface area contributed by atoms with Crippen molar-refractivity contribution >= 4 is 11.6 Å². The maximum Gasteiger partial charge on any atom is 0.329 e. The Labute approximate surface area is 116 Å². The second kappa shape index (κ2) is 4.77. The molecule has 1 aliphatic rings. The van der Waals surface area contributed by atoms with Crippen molar-refractivity contribution in [2.45, 2.75) is 46.1 Å². The lowest BCUT2D eigenvalue weighted by molar-refractivity contribution is -0.133. The van der Waals surface area contributed by atoms with E-state index in [1.54, 1.807) is 13.8 Å². The normalized spacial score (nSPS) is 20.8. The number of hydrogen-bond donors (Lipinski definition) is 0. The molecule has 0 aliphatic carbocycles. The van der Waals surface area contributed by atoms with Gasteiger partial charge in [-0.3, -0.25) is 4.79 Å². The minimum atomic E-state index is -1.23. The maximum absolute atomic E-state index is 11.6. The first-order chi connectivity index (χ1) is 9.35. The van der Waals surface area contributed by atoms with Crippen LogP contribution >= 0.6 is 0 Å². The molecule has 0 aromatic heterocycles. The molecule has 106 valence electrons. The summed E-state index contributed by atoms with van der Waals surface area (Å²) in [5.74, 6) is -0.242. The summed E-state index contributed by atoms with van der Waals surface area (Å²) in [6.45, 7) is 6.98. The van der Waals surface area contributed by atoms with Gasteiger partial charge in [-0.15, -0.1) is 9.81 Å². The highest BCUT2D eigenvalue weighted by Crippen LogP contribution is 2.43. The van der Waals surface area contributed by atoms with Gasteiger partial charge in [-0.2, -0.15) is 0 Å². The highest BCUT2D eigenvalue weighted by molar-refractivity contribution is 5.86. The highest BCUT2D eigenvalue weighted by atomic mass is 16.5. The molecule has 1 aromatic rings. The molecule has 0 saturated heterocycles. The average molecular weight is 276 g/mol. The molecule has 6 nitrogen and oxygen atoms in total. The number of fused-ring (bicyclic) bond motifs is 1. The number of amides is 1. The van der Waals surface area contributed by atoms with Gasteiger partial charge in [-0.1, -0.05) is 0 Å². The molecule has 0 spiro atoms. The van der Waals surface area contributed by atoms with Gasteiger partial charge in [0.05, 0.1) is 0 Å². The lowest BCUT2D eigenvalue weighted by Crippen LogP contribution is -2.43. The molecule has 1 aromatic carbocycles. The molecular formula is C14H16N2O4. The molecule has 1 heterocycles. The van der Waals surface area contributed by atoms with Crippen molar-refractivity contribution in [1.29, 1.82) is 0 Å². The van der Waals surface area contributed by atoms with Crippen molar-refractivity contribution in [3.05, 3.63) is 32.1 Å². The molecule has 1 aliphatic heterocycles. The lowest BCUT2D eigenvalue weighted by Gasteiger charge is -2.34. The molecule has 20 heavy (non-hydrogen) atoms. The summed E-state index contributed by atoms with van der Waals surface area (Å²) in [7, 11) is 0. The fraction of sp³-hybridized carbons (Fsp3) is 0.500. The van der Waals surface area contributed by atoms with Crippen LogP contribution in [0.25, 0.3) is 0 Å². The third-order valence-corrected chi connectivity index (χ3v) is 4.15. The molecule has 1 unspecified atom stereocenters. The SMILES string of the molecule is Cc1c(C)c2c(c(C)c1N=O)CCC(C)(C(=O)N=O)O2. The Morgan fingerprint density at radius 3 is 2.35 bits per heavy atom. The van der Waals surface area contributed by atoms with Gasteiger partial charge in [0.1, 0.15) is 11.4 Å². The minimum Gasteiger partial charge on any atom is -0.477 e. The van der Waals surface area contributed by atoms with E-state index in [1.165, 1.54) is 0 Å². The molecule has 6 heteroatoms. The lowest BCUT2D eigenvalue weighted by atomic mass is 9.86. The fourth-order valence-corrected chi connectivity index (χ4v) is 2.63. The first kappa shape index (κ1) is 14.3. The van der Waals surface area contributed by atoms with Gasteiger partial charge in [0.2, 0.25) is 0 Å². The van der Waals surface area contributed by atoms with Crippen LogP contribution in [0.2, 0.25) is 0 Å². The van der Waals surface area contributed by atoms with Crippen LogP contribution in [0.5, 0.6) is 5.75 Å². The van der Waals surface area contributed by atoms with Crippen molar-refractivity contribution in [2.24, 2.45) is 10.4 Å². The zero-order chi connectivity index (χ0) is 15.1. The quantitative estimate of drug-likeness (QED) is 0.775. The van der Waals surface area contributed by atoms with Gasteiger partial charge in [0.25, 0.3) is 0 Å². The zero-order valence-corrected chi connectivity index (χ0v) is 11.9. The van der Waals surface area contributed by atoms with E-state index >= 15 is 0 Å². The number of rotatable bonds is 2. The van der Waals surface area contributed by atoms with E-state index in [-0.39, 0.29) is 0 Å². The zero-order valence-electron chi connectivity index (χ0n) is 11.9. The summed E-state index contributed by atoms with van der Waals surface area (Å²) in [6, 6.07) is 0. The van der Waals surface area contributed by atoms with Gasteiger partial charge in [-0.05, 0) is 61.5 Å². The summed E-state index contributed by atoms with van der Waals surface area (Å²) < 4.78 is 5.78. The van der Waals surface area contributed by atoms with Gasteiger partial charge < -0.3 is 4.74 Å². The van der Waals surface area contributed by atoms with Crippen LogP contribution in [-0.4, -0.2) is 11.5 Å². The number of benzene rings is 1. The van der Waals surface area contributed by atoms with Crippen LogP contribution in [0.4, 0.5) is 5.69 Å². The first-order valence-corrected chi connectivity index (χ1v) is 6.38. The molecule has 0 fully saturated rings. The third kappa shape index (κ3) is 1.92. The molecule has 0 saturated carbocycles. The van der Waals surface area contributed by atoms with Gasteiger partial charge in [-0.25, -0.2) is 0 Å². The summed E-state index contributed by atoms with van der Waals surface area (Å²) in [6.07, 6.45) is 0.898. The van der Waals surface area contributed by atoms with E-state index in [0.717, 1.165) is 22.3 Å². The minimum absolute atomic E-state index is 0.353. The highest BCUT2D eigenvalue weighted by Gasteiger charge is 2.41. The van der Waals surface area contributed by atoms with Gasteiger partial charge in [0.15, 0.2) is 5.60 Å². The van der Waals surface area contributed by atoms with Gasteiger partial charge >= 0.3 is 5.91 Å². The molecule has 2 rings (SSSR count). The van der Waals surface area contributed by atoms with Crippen LogP contribution in [-0.2, 0) is 11.2 Å². The summed E-state index contributed by atoms with van der Waals surface area (Å²) in [5, 5.41) is 5.57. The first-order valence-electron chi connectivity index (χ1n) is 6.38. The summed E-state index contributed by atoms with van der Waals surface area (Å²) in [4.78, 5) is 33.1. The van der Waals surface area contributed by atoms with E-state index in [0.29, 0.717) is 24.3 Å². The Balaban J connectivity index is 2.61. The Kier molecular flexibility index (Phi) is 3.41. The van der Waals surface area contributed by atoms with Crippen molar-refractivity contribution in [2.75, 3.05) is 0 Å². The number of ether oxygens (including phenoxy) is 1. The molecule has 0 bridgehead atoms. The van der Waals surface area contributed by atoms with E-state index in [4.69, 9.17) is 4.74 Å². The van der Waals surface area contributed by atoms with Crippen molar-refractivity contribution in [3.63, 3.8) is 0 Å². The molecular weight excluding hydrogens is 260 g/mol. The second-order valence-electron chi connectivity index (χ2n) is 5.35. The summed E-state index contributed by atoms with van der Waals surface area (Å²) in [5.41, 5.74) is 2.34. The largest absolute Gasteiger partial charge is 0.477 e. The molecule has 0 radical (unpaired) electrons. The van der Waals surface area contributed by atoms with Gasteiger partial charge in [0, 0.05) is 11.6 Å². The molecule has 1 amide bonds.